The number of nitrogens with zero attached hydrogens (tertiary/aromatic N) is 1. The molecule has 0 saturated heterocycles. The fourth-order valence-electron chi connectivity index (χ4n) is 0.465. The zero-order valence-electron chi connectivity index (χ0n) is 4.84. The first-order valence-electron chi connectivity index (χ1n) is 2.39. The molecule has 1 aromatic heterocycles. The van der Waals surface area contributed by atoms with Crippen LogP contribution < -0.4 is 0 Å². The van der Waals surface area contributed by atoms with Gasteiger partial charge in [-0.05, 0) is 0 Å². The second-order valence-electron chi connectivity index (χ2n) is 1.69. The number of alkyl halides is 3. The van der Waals surface area contributed by atoms with Crippen molar-refractivity contribution >= 4 is 23.2 Å². The van der Waals surface area contributed by atoms with Crippen LogP contribution in [-0.2, 0) is 6.18 Å². The number of aromatic amines is 1. The second kappa shape index (κ2) is 2.57. The van der Waals surface area contributed by atoms with Gasteiger partial charge in [-0.1, -0.05) is 23.2 Å². The van der Waals surface area contributed by atoms with Gasteiger partial charge in [0.1, 0.15) is 5.15 Å². The third kappa shape index (κ3) is 1.78. The molecule has 2 nitrogen and oxygen atoms in total. The summed E-state index contributed by atoms with van der Waals surface area (Å²) in [5.41, 5.74) is 0. The van der Waals surface area contributed by atoms with E-state index in [0.717, 1.165) is 0 Å². The Morgan fingerprint density at radius 1 is 1.27 bits per heavy atom. The predicted octanol–water partition coefficient (Wildman–Crippen LogP) is 2.74. The van der Waals surface area contributed by atoms with E-state index in [-0.39, 0.29) is 10.3 Å². The van der Waals surface area contributed by atoms with E-state index in [9.17, 15) is 13.2 Å². The average molecular weight is 205 g/mol. The molecule has 1 aromatic rings. The Morgan fingerprint density at radius 3 is 2.00 bits per heavy atom. The molecule has 0 aliphatic heterocycles. The molecule has 1 rings (SSSR count). The lowest BCUT2D eigenvalue weighted by Gasteiger charge is -1.98. The Labute approximate surface area is 69.3 Å². The summed E-state index contributed by atoms with van der Waals surface area (Å²) in [6.45, 7) is 0. The molecule has 1 N–H and O–H groups in total. The van der Waals surface area contributed by atoms with Crippen molar-refractivity contribution in [3.05, 3.63) is 16.1 Å². The van der Waals surface area contributed by atoms with E-state index in [1.54, 1.807) is 4.98 Å². The van der Waals surface area contributed by atoms with E-state index in [1.165, 1.54) is 0 Å². The number of nitrogens with one attached hydrogen (secondary N) is 1. The summed E-state index contributed by atoms with van der Waals surface area (Å²) in [7, 11) is 0. The van der Waals surface area contributed by atoms with Crippen LogP contribution in [0.4, 0.5) is 13.2 Å². The van der Waals surface area contributed by atoms with Crippen LogP contribution in [0.5, 0.6) is 0 Å². The van der Waals surface area contributed by atoms with E-state index in [2.05, 4.69) is 4.98 Å². The van der Waals surface area contributed by atoms with Gasteiger partial charge in [0.15, 0.2) is 5.15 Å². The van der Waals surface area contributed by atoms with E-state index in [0.29, 0.717) is 0 Å². The molecule has 0 aliphatic carbocycles. The molecule has 62 valence electrons. The Hall–Kier alpha value is -0.420. The van der Waals surface area contributed by atoms with E-state index < -0.39 is 12.0 Å². The summed E-state index contributed by atoms with van der Waals surface area (Å²) in [6.07, 6.45) is -4.53. The molecule has 0 bridgehead atoms. The van der Waals surface area contributed by atoms with Gasteiger partial charge in [0.25, 0.3) is 0 Å². The van der Waals surface area contributed by atoms with Crippen LogP contribution in [0.1, 0.15) is 5.82 Å². The standard InChI is InChI=1S/C4HCl2F3N2/c5-1-2(6)11-3(10-1)4(7,8)9/h(H,10,11). The molecule has 0 amide bonds. The van der Waals surface area contributed by atoms with Crippen molar-refractivity contribution in [2.45, 2.75) is 6.18 Å². The topological polar surface area (TPSA) is 28.7 Å². The van der Waals surface area contributed by atoms with Crippen LogP contribution in [0.15, 0.2) is 0 Å². The van der Waals surface area contributed by atoms with Crippen molar-refractivity contribution in [2.24, 2.45) is 0 Å². The highest BCUT2D eigenvalue weighted by Gasteiger charge is 2.35. The quantitative estimate of drug-likeness (QED) is 0.692. The lowest BCUT2D eigenvalue weighted by molar-refractivity contribution is -0.144. The maximum absolute atomic E-state index is 11.8. The minimum absolute atomic E-state index is 0.306. The SMILES string of the molecule is FC(F)(F)c1nc(Cl)c(Cl)[nH]1. The number of rotatable bonds is 0. The summed E-state index contributed by atoms with van der Waals surface area (Å²) in [5, 5.41) is -0.682. The van der Waals surface area contributed by atoms with Crippen LogP contribution in [0, 0.1) is 0 Å². The Morgan fingerprint density at radius 2 is 1.82 bits per heavy atom. The van der Waals surface area contributed by atoms with Gasteiger partial charge in [-0.15, -0.1) is 0 Å². The summed E-state index contributed by atoms with van der Waals surface area (Å²) in [5.74, 6) is -1.19. The number of aromatic nitrogens is 2. The lowest BCUT2D eigenvalue weighted by atomic mass is 10.6. The van der Waals surface area contributed by atoms with E-state index in [4.69, 9.17) is 23.2 Å². The molecule has 0 spiro atoms. The van der Waals surface area contributed by atoms with Gasteiger partial charge in [-0.2, -0.15) is 13.2 Å². The Balaban J connectivity index is 3.08. The van der Waals surface area contributed by atoms with Gasteiger partial charge in [0, 0.05) is 0 Å². The van der Waals surface area contributed by atoms with Crippen LogP contribution in [0.3, 0.4) is 0 Å². The minimum Gasteiger partial charge on any atom is -0.324 e. The highest BCUT2D eigenvalue weighted by Crippen LogP contribution is 2.30. The summed E-state index contributed by atoms with van der Waals surface area (Å²) < 4.78 is 35.3. The Bertz CT molecular complexity index is 247. The maximum Gasteiger partial charge on any atom is 0.449 e. The molecular formula is C4HCl2F3N2. The first kappa shape index (κ1) is 8.67. The molecule has 0 radical (unpaired) electrons. The lowest BCUT2D eigenvalue weighted by Crippen LogP contribution is -2.06. The summed E-state index contributed by atoms with van der Waals surface area (Å²) in [4.78, 5) is 4.72. The monoisotopic (exact) mass is 204 g/mol. The smallest absolute Gasteiger partial charge is 0.324 e. The van der Waals surface area contributed by atoms with Gasteiger partial charge in [-0.3, -0.25) is 0 Å². The predicted molar refractivity (Wildman–Crippen MR) is 33.6 cm³/mol. The second-order valence-corrected chi connectivity index (χ2v) is 2.42. The molecule has 1 heterocycles. The molecule has 0 aromatic carbocycles. The van der Waals surface area contributed by atoms with Gasteiger partial charge >= 0.3 is 6.18 Å². The van der Waals surface area contributed by atoms with Crippen molar-refractivity contribution in [3.63, 3.8) is 0 Å². The highest BCUT2D eigenvalue weighted by molar-refractivity contribution is 6.40. The summed E-state index contributed by atoms with van der Waals surface area (Å²) in [6, 6.07) is 0. The third-order valence-corrected chi connectivity index (χ3v) is 1.53. The molecule has 0 unspecified atom stereocenters. The fraction of sp³-hybridized carbons (Fsp3) is 0.250. The van der Waals surface area contributed by atoms with Crippen molar-refractivity contribution in [1.82, 2.24) is 9.97 Å². The molecular weight excluding hydrogens is 204 g/mol. The molecule has 0 saturated carbocycles. The zero-order chi connectivity index (χ0) is 8.65. The molecule has 11 heavy (non-hydrogen) atoms. The van der Waals surface area contributed by atoms with Gasteiger partial charge < -0.3 is 4.98 Å². The molecule has 7 heteroatoms. The van der Waals surface area contributed by atoms with Crippen LogP contribution in [0.2, 0.25) is 10.3 Å². The number of hydrogen-bond donors (Lipinski definition) is 1. The first-order chi connectivity index (χ1) is 4.91. The largest absolute Gasteiger partial charge is 0.449 e. The van der Waals surface area contributed by atoms with Crippen LogP contribution in [0.25, 0.3) is 0 Å². The number of halogens is 5. The van der Waals surface area contributed by atoms with Gasteiger partial charge in [0.05, 0.1) is 0 Å². The van der Waals surface area contributed by atoms with Crippen LogP contribution in [-0.4, -0.2) is 9.97 Å². The maximum atomic E-state index is 11.8. The number of H-pyrrole nitrogens is 1. The zero-order valence-corrected chi connectivity index (χ0v) is 6.35. The molecule has 0 aliphatic rings. The van der Waals surface area contributed by atoms with Crippen molar-refractivity contribution in [3.8, 4) is 0 Å². The highest BCUT2D eigenvalue weighted by atomic mass is 35.5. The Kier molecular flexibility index (Phi) is 2.02. The summed E-state index contributed by atoms with van der Waals surface area (Å²) >= 11 is 10.3. The number of hydrogen-bond acceptors (Lipinski definition) is 1. The molecule has 0 atom stereocenters. The van der Waals surface area contributed by atoms with Crippen LogP contribution >= 0.6 is 23.2 Å². The van der Waals surface area contributed by atoms with E-state index >= 15 is 0 Å². The van der Waals surface area contributed by atoms with E-state index in [1.807, 2.05) is 0 Å². The number of imidazole rings is 1. The first-order valence-corrected chi connectivity index (χ1v) is 3.15. The third-order valence-electron chi connectivity index (χ3n) is 0.888. The average Bonchev–Trinajstić information content (AvgIpc) is 2.11. The normalized spacial score (nSPS) is 12.1. The molecule has 0 fully saturated rings. The van der Waals surface area contributed by atoms with Gasteiger partial charge in [0.2, 0.25) is 5.82 Å². The van der Waals surface area contributed by atoms with Gasteiger partial charge in [-0.25, -0.2) is 4.98 Å². The minimum atomic E-state index is -4.53. The van der Waals surface area contributed by atoms with Crippen molar-refractivity contribution in [2.75, 3.05) is 0 Å². The van der Waals surface area contributed by atoms with Crippen molar-refractivity contribution < 1.29 is 13.2 Å². The van der Waals surface area contributed by atoms with Crippen molar-refractivity contribution in [1.29, 1.82) is 0 Å². The fourth-order valence-corrected chi connectivity index (χ4v) is 0.728.